The molecule has 97 heavy (non-hydrogen) atoms. The van der Waals surface area contributed by atoms with Gasteiger partial charge in [-0.1, -0.05) is 125 Å². The lowest BCUT2D eigenvalue weighted by atomic mass is 9.96. The van der Waals surface area contributed by atoms with Crippen LogP contribution < -0.4 is 27.4 Å². The van der Waals surface area contributed by atoms with E-state index in [1.54, 1.807) is 12.1 Å². The Morgan fingerprint density at radius 1 is 0.299 bits per heavy atom. The molecule has 6 aromatic heterocycles. The SMILES string of the molecule is CCc1ccc(-c2cccc[n+]2C)c(C)c1.Cc1cc(C(C)C)ccc1-c1cccc[n+]1C.Cc1cc(CC(C)C)ccc1-c1cccc[n+]1C.Cc1ccc(-c2cccc[n+]2C)c(C)c1.[2H]C([2H])([2H])Cc1ccc(-c2cccc[n+]2C)c(C)c1.[2H]C([2H])([2H])c1ccc(-c2cccc[n+]2C)c(C)c1. The summed E-state index contributed by atoms with van der Waals surface area (Å²) in [5, 5.41) is 0. The Labute approximate surface area is 592 Å². The van der Waals surface area contributed by atoms with Gasteiger partial charge in [-0.2, -0.15) is 0 Å². The molecule has 6 nitrogen and oxygen atoms in total. The molecule has 0 aliphatic rings. The number of hydrogen-bond acceptors (Lipinski definition) is 0. The number of rotatable bonds is 11. The van der Waals surface area contributed by atoms with E-state index in [9.17, 15) is 0 Å². The van der Waals surface area contributed by atoms with Crippen LogP contribution in [0.25, 0.3) is 67.5 Å². The minimum Gasteiger partial charge on any atom is -0.201 e. The molecule has 0 unspecified atom stereocenters. The van der Waals surface area contributed by atoms with E-state index in [2.05, 4.69) is 291 Å². The summed E-state index contributed by atoms with van der Waals surface area (Å²) in [6, 6.07) is 75.3. The largest absolute Gasteiger partial charge is 0.212 e. The highest BCUT2D eigenvalue weighted by molar-refractivity contribution is 5.66. The van der Waals surface area contributed by atoms with E-state index in [-0.39, 0.29) is 6.42 Å². The molecule has 0 aliphatic heterocycles. The molecule has 12 rings (SSSR count). The second-order valence-corrected chi connectivity index (χ2v) is 26.3. The Kier molecular flexibility index (Phi) is 24.7. The van der Waals surface area contributed by atoms with Crippen molar-refractivity contribution in [2.75, 3.05) is 0 Å². The summed E-state index contributed by atoms with van der Waals surface area (Å²) >= 11 is 0. The maximum atomic E-state index is 7.42. The van der Waals surface area contributed by atoms with E-state index in [1.807, 2.05) is 106 Å². The minimum atomic E-state index is -2.04. The van der Waals surface area contributed by atoms with Crippen molar-refractivity contribution in [3.63, 3.8) is 0 Å². The summed E-state index contributed by atoms with van der Waals surface area (Å²) in [5.41, 5.74) is 29.0. The molecule has 0 bridgehead atoms. The summed E-state index contributed by atoms with van der Waals surface area (Å²) in [7, 11) is 12.3. The molecule has 0 aliphatic carbocycles. The summed E-state index contributed by atoms with van der Waals surface area (Å²) < 4.78 is 56.9. The van der Waals surface area contributed by atoms with Crippen LogP contribution >= 0.6 is 0 Å². The van der Waals surface area contributed by atoms with Gasteiger partial charge in [0.1, 0.15) is 42.3 Å². The Morgan fingerprint density at radius 2 is 0.577 bits per heavy atom. The van der Waals surface area contributed by atoms with Crippen LogP contribution in [0.1, 0.15) is 122 Å². The van der Waals surface area contributed by atoms with Crippen LogP contribution in [0, 0.1) is 61.2 Å². The molecular weight excluding hydrogens is 1180 g/mol. The molecule has 0 atom stereocenters. The van der Waals surface area contributed by atoms with Crippen LogP contribution in [0.5, 0.6) is 0 Å². The molecule has 12 aromatic rings. The van der Waals surface area contributed by atoms with Crippen LogP contribution in [0.3, 0.4) is 0 Å². The van der Waals surface area contributed by atoms with Crippen molar-refractivity contribution in [2.24, 2.45) is 48.2 Å². The number of hydrogen-bond donors (Lipinski definition) is 0. The topological polar surface area (TPSA) is 23.3 Å². The molecule has 6 heterocycles. The molecule has 0 N–H and O–H groups in total. The van der Waals surface area contributed by atoms with Gasteiger partial charge in [0.25, 0.3) is 0 Å². The molecule has 0 saturated carbocycles. The first-order valence-electron chi connectivity index (χ1n) is 37.1. The highest BCUT2D eigenvalue weighted by Gasteiger charge is 2.17. The van der Waals surface area contributed by atoms with Crippen molar-refractivity contribution < 1.29 is 35.6 Å². The lowest BCUT2D eigenvalue weighted by molar-refractivity contribution is -0.660. The number of aryl methyl sites for hydroxylation is 16. The van der Waals surface area contributed by atoms with Gasteiger partial charge < -0.3 is 0 Å². The summed E-state index contributed by atoms with van der Waals surface area (Å²) in [5.74, 6) is 1.30. The van der Waals surface area contributed by atoms with Gasteiger partial charge in [-0.15, -0.1) is 0 Å². The average molecular weight is 1290 g/mol. The Morgan fingerprint density at radius 3 is 0.856 bits per heavy atom. The molecule has 0 amide bonds. The standard InChI is InChI=1S/C17H22N.C16H20N.2C15H18N.2C14H16N/c1-13(2)11-15-8-9-16(14(3)12-15)17-7-5-6-10-18(17)4;1-12(2)14-8-9-15(13(3)11-14)16-7-5-6-10-17(16)4;2*1-4-13-8-9-14(12(2)11-13)15-7-5-6-10-16(15)3;2*1-11-7-8-13(12(2)10-11)14-6-4-5-9-15(14)3/h5-10,12-13H,11H2,1-4H3;5-12H,1-4H3;2*5-11H,4H2,1-3H3;2*4-10H,1-3H3/q6*+1/i;;1D3;;1D3;. The second-order valence-electron chi connectivity index (χ2n) is 26.3. The smallest absolute Gasteiger partial charge is 0.201 e. The van der Waals surface area contributed by atoms with Gasteiger partial charge in [-0.25, -0.2) is 27.4 Å². The summed E-state index contributed by atoms with van der Waals surface area (Å²) in [4.78, 5) is 0. The molecule has 0 fully saturated rings. The van der Waals surface area contributed by atoms with E-state index in [1.165, 1.54) is 89.5 Å². The fourth-order valence-electron chi connectivity index (χ4n) is 12.2. The Hall–Kier alpha value is -9.78. The Bertz CT molecular complexity index is 4780. The number of aromatic nitrogens is 6. The zero-order chi connectivity index (χ0) is 75.3. The van der Waals surface area contributed by atoms with E-state index >= 15 is 0 Å². The number of benzene rings is 6. The van der Waals surface area contributed by atoms with Gasteiger partial charge in [0.15, 0.2) is 37.2 Å². The van der Waals surface area contributed by atoms with E-state index in [0.717, 1.165) is 52.0 Å². The third-order valence-corrected chi connectivity index (χ3v) is 17.6. The predicted molar refractivity (Wildman–Crippen MR) is 408 cm³/mol. The van der Waals surface area contributed by atoms with Crippen LogP contribution in [-0.2, 0) is 61.5 Å². The zero-order valence-electron chi connectivity index (χ0n) is 67.2. The van der Waals surface area contributed by atoms with Gasteiger partial charge in [-0.3, -0.25) is 0 Å². The fraction of sp³-hybridized carbons (Fsp3) is 0.275. The highest BCUT2D eigenvalue weighted by Crippen LogP contribution is 2.28. The Balaban J connectivity index is 0.000000173. The van der Waals surface area contributed by atoms with Gasteiger partial charge in [-0.05, 0) is 215 Å². The quantitative estimate of drug-likeness (QED) is 0.115. The van der Waals surface area contributed by atoms with Crippen molar-refractivity contribution >= 4 is 0 Å². The predicted octanol–water partition coefficient (Wildman–Crippen LogP) is 19.0. The average Bonchev–Trinajstić information content (AvgIpc) is 0.834. The highest BCUT2D eigenvalue weighted by atomic mass is 14.9. The molecule has 6 aromatic carbocycles. The number of nitrogens with zero attached hydrogens (tertiary/aromatic N) is 6. The maximum Gasteiger partial charge on any atom is 0.212 e. The minimum absolute atomic E-state index is 0.120. The third kappa shape index (κ3) is 21.1. The molecule has 0 spiro atoms. The molecular formula is C91H110N6+6. The van der Waals surface area contributed by atoms with Crippen LogP contribution in [0.15, 0.2) is 256 Å². The van der Waals surface area contributed by atoms with Crippen molar-refractivity contribution in [1.82, 2.24) is 0 Å². The molecule has 498 valence electrons. The normalized spacial score (nSPS) is 11.8. The van der Waals surface area contributed by atoms with Crippen molar-refractivity contribution in [1.29, 1.82) is 0 Å². The lowest BCUT2D eigenvalue weighted by Gasteiger charge is -2.09. The molecule has 6 heteroatoms. The van der Waals surface area contributed by atoms with Gasteiger partial charge >= 0.3 is 0 Å². The van der Waals surface area contributed by atoms with Crippen molar-refractivity contribution in [2.45, 2.75) is 122 Å². The zero-order valence-corrected chi connectivity index (χ0v) is 61.2. The third-order valence-electron chi connectivity index (χ3n) is 17.6. The number of pyridine rings is 6. The monoisotopic (exact) mass is 1290 g/mol. The fourth-order valence-corrected chi connectivity index (χ4v) is 12.2. The van der Waals surface area contributed by atoms with Crippen LogP contribution in [-0.4, -0.2) is 0 Å². The first-order chi connectivity index (χ1) is 48.8. The summed E-state index contributed by atoms with van der Waals surface area (Å²) in [6.45, 7) is 22.1. The van der Waals surface area contributed by atoms with Crippen LogP contribution in [0.4, 0.5) is 0 Å². The van der Waals surface area contributed by atoms with E-state index in [4.69, 9.17) is 8.22 Å². The van der Waals surface area contributed by atoms with Gasteiger partial charge in [0.05, 0.1) is 0 Å². The first-order valence-corrected chi connectivity index (χ1v) is 34.1. The van der Waals surface area contributed by atoms with E-state index < -0.39 is 13.7 Å². The summed E-state index contributed by atoms with van der Waals surface area (Å²) in [6.07, 6.45) is 14.7. The van der Waals surface area contributed by atoms with Gasteiger partial charge in [0.2, 0.25) is 34.2 Å². The lowest BCUT2D eigenvalue weighted by Crippen LogP contribution is -2.30. The first kappa shape index (κ1) is 65.9. The second kappa shape index (κ2) is 36.4. The molecule has 0 radical (unpaired) electrons. The van der Waals surface area contributed by atoms with Crippen molar-refractivity contribution in [3.05, 3.63) is 322 Å². The maximum absolute atomic E-state index is 7.42. The van der Waals surface area contributed by atoms with Crippen molar-refractivity contribution in [3.8, 4) is 67.5 Å². The van der Waals surface area contributed by atoms with E-state index in [0.29, 0.717) is 17.4 Å². The van der Waals surface area contributed by atoms with Gasteiger partial charge in [0, 0.05) is 114 Å². The molecule has 0 saturated heterocycles. The van der Waals surface area contributed by atoms with Crippen LogP contribution in [0.2, 0.25) is 0 Å².